The van der Waals surface area contributed by atoms with Gasteiger partial charge in [-0.25, -0.2) is 0 Å². The van der Waals surface area contributed by atoms with Crippen LogP contribution in [0.15, 0.2) is 24.3 Å². The Labute approximate surface area is 138 Å². The van der Waals surface area contributed by atoms with Gasteiger partial charge in [0.25, 0.3) is 0 Å². The van der Waals surface area contributed by atoms with Crippen molar-refractivity contribution in [2.75, 3.05) is 33.3 Å². The number of hydrogen-bond donors (Lipinski definition) is 1. The monoisotopic (exact) mass is 326 g/mol. The average Bonchev–Trinajstić information content (AvgIpc) is 2.57. The molecular weight excluding hydrogens is 300 g/mol. The molecule has 1 amide bonds. The molecule has 0 spiro atoms. The lowest BCUT2D eigenvalue weighted by Gasteiger charge is -2.17. The lowest BCUT2D eigenvalue weighted by atomic mass is 10.1. The molecule has 1 unspecified atom stereocenters. The fourth-order valence-electron chi connectivity index (χ4n) is 2.23. The van der Waals surface area contributed by atoms with E-state index in [-0.39, 0.29) is 5.91 Å². The van der Waals surface area contributed by atoms with E-state index >= 15 is 0 Å². The van der Waals surface area contributed by atoms with Gasteiger partial charge in [0.2, 0.25) is 5.91 Å². The lowest BCUT2D eigenvalue weighted by Crippen LogP contribution is -2.29. The molecule has 1 aromatic carbocycles. The van der Waals surface area contributed by atoms with Crippen molar-refractivity contribution in [3.8, 4) is 5.75 Å². The number of nitrogens with zero attached hydrogens (tertiary/aromatic N) is 1. The molecule has 0 heterocycles. The molecule has 0 fully saturated rings. The fourth-order valence-corrected chi connectivity index (χ4v) is 2.45. The van der Waals surface area contributed by atoms with Gasteiger partial charge in [-0.2, -0.15) is 0 Å². The molecule has 0 saturated carbocycles. The van der Waals surface area contributed by atoms with E-state index in [0.29, 0.717) is 6.54 Å². The van der Waals surface area contributed by atoms with Crippen LogP contribution in [0.3, 0.4) is 0 Å². The zero-order valence-corrected chi connectivity index (χ0v) is 14.5. The third-order valence-corrected chi connectivity index (χ3v) is 4.18. The van der Waals surface area contributed by atoms with Crippen LogP contribution in [0.4, 0.5) is 0 Å². The van der Waals surface area contributed by atoms with Crippen LogP contribution < -0.4 is 10.1 Å². The van der Waals surface area contributed by atoms with E-state index in [4.69, 9.17) is 16.3 Å². The summed E-state index contributed by atoms with van der Waals surface area (Å²) >= 11 is 6.20. The Morgan fingerprint density at radius 1 is 1.23 bits per heavy atom. The molecule has 1 N–H and O–H groups in total. The van der Waals surface area contributed by atoms with E-state index in [1.165, 1.54) is 0 Å². The third-order valence-electron chi connectivity index (χ3n) is 3.73. The van der Waals surface area contributed by atoms with Crippen LogP contribution in [0.5, 0.6) is 5.75 Å². The van der Waals surface area contributed by atoms with Crippen LogP contribution in [0.2, 0.25) is 0 Å². The maximum absolute atomic E-state index is 12.0. The van der Waals surface area contributed by atoms with E-state index in [9.17, 15) is 4.79 Å². The highest BCUT2D eigenvalue weighted by Gasteiger charge is 2.16. The molecule has 1 atom stereocenters. The van der Waals surface area contributed by atoms with Gasteiger partial charge in [0.05, 0.1) is 7.11 Å². The Hall–Kier alpha value is -1.26. The predicted molar refractivity (Wildman–Crippen MR) is 91.6 cm³/mol. The fraction of sp³-hybridized carbons (Fsp3) is 0.588. The number of hydrogen-bond acceptors (Lipinski definition) is 3. The Morgan fingerprint density at radius 2 is 1.86 bits per heavy atom. The molecule has 22 heavy (non-hydrogen) atoms. The number of methoxy groups -OCH3 is 1. The Balaban J connectivity index is 2.29. The second-order valence-electron chi connectivity index (χ2n) is 5.16. The summed E-state index contributed by atoms with van der Waals surface area (Å²) in [5, 5.41) is 2.24. The molecule has 0 saturated heterocycles. The van der Waals surface area contributed by atoms with Gasteiger partial charge in [0, 0.05) is 6.54 Å². The highest BCUT2D eigenvalue weighted by molar-refractivity contribution is 6.30. The highest BCUT2D eigenvalue weighted by Crippen LogP contribution is 2.22. The summed E-state index contributed by atoms with van der Waals surface area (Å²) in [5.41, 5.74) is 0.781. The molecule has 0 aliphatic heterocycles. The van der Waals surface area contributed by atoms with Crippen molar-refractivity contribution in [3.63, 3.8) is 0 Å². The summed E-state index contributed by atoms with van der Waals surface area (Å²) in [7, 11) is 1.61. The van der Waals surface area contributed by atoms with Gasteiger partial charge >= 0.3 is 0 Å². The maximum Gasteiger partial charge on any atom is 0.242 e. The van der Waals surface area contributed by atoms with Crippen molar-refractivity contribution in [3.05, 3.63) is 29.8 Å². The number of benzene rings is 1. The molecule has 5 heteroatoms. The molecular formula is C17H27ClN2O2. The van der Waals surface area contributed by atoms with Crippen LogP contribution in [-0.2, 0) is 4.79 Å². The van der Waals surface area contributed by atoms with Crippen LogP contribution in [-0.4, -0.2) is 44.1 Å². The molecule has 0 aromatic heterocycles. The number of halogens is 1. The van der Waals surface area contributed by atoms with Crippen LogP contribution in [0, 0.1) is 0 Å². The zero-order chi connectivity index (χ0) is 16.4. The van der Waals surface area contributed by atoms with Crippen molar-refractivity contribution in [2.45, 2.75) is 32.1 Å². The predicted octanol–water partition coefficient (Wildman–Crippen LogP) is 3.21. The van der Waals surface area contributed by atoms with Gasteiger partial charge in [-0.1, -0.05) is 26.0 Å². The molecule has 0 aliphatic carbocycles. The number of nitrogens with one attached hydrogen (secondary N) is 1. The summed E-state index contributed by atoms with van der Waals surface area (Å²) in [5.74, 6) is 0.610. The Morgan fingerprint density at radius 3 is 2.41 bits per heavy atom. The van der Waals surface area contributed by atoms with Crippen molar-refractivity contribution in [2.24, 2.45) is 0 Å². The van der Waals surface area contributed by atoms with E-state index in [0.717, 1.165) is 43.8 Å². The average molecular weight is 327 g/mol. The van der Waals surface area contributed by atoms with Crippen molar-refractivity contribution < 1.29 is 9.53 Å². The number of carbonyl (C=O) groups is 1. The first kappa shape index (κ1) is 18.8. The summed E-state index contributed by atoms with van der Waals surface area (Å²) in [6.45, 7) is 8.22. The number of amides is 1. The standard InChI is InChI=1S/C17H27ClN2O2/c1-4-20(5-2)13-7-6-12-19-17(21)16(18)14-8-10-15(22-3)11-9-14/h8-11,16H,4-7,12-13H2,1-3H3,(H,19,21). The third kappa shape index (κ3) is 6.24. The van der Waals surface area contributed by atoms with Crippen molar-refractivity contribution >= 4 is 17.5 Å². The maximum atomic E-state index is 12.0. The summed E-state index contributed by atoms with van der Waals surface area (Å²) in [6.07, 6.45) is 2.05. The summed E-state index contributed by atoms with van der Waals surface area (Å²) < 4.78 is 5.09. The second-order valence-corrected chi connectivity index (χ2v) is 5.60. The van der Waals surface area contributed by atoms with E-state index in [2.05, 4.69) is 24.1 Å². The minimum Gasteiger partial charge on any atom is -0.497 e. The summed E-state index contributed by atoms with van der Waals surface area (Å²) in [6, 6.07) is 7.25. The first-order valence-electron chi connectivity index (χ1n) is 7.90. The minimum atomic E-state index is -0.659. The van der Waals surface area contributed by atoms with E-state index < -0.39 is 5.38 Å². The van der Waals surface area contributed by atoms with E-state index in [1.807, 2.05) is 24.3 Å². The van der Waals surface area contributed by atoms with Crippen LogP contribution >= 0.6 is 11.6 Å². The number of unbranched alkanes of at least 4 members (excludes halogenated alkanes) is 1. The molecule has 1 aromatic rings. The van der Waals surface area contributed by atoms with Crippen LogP contribution in [0.1, 0.15) is 37.6 Å². The van der Waals surface area contributed by atoms with Crippen molar-refractivity contribution in [1.29, 1.82) is 0 Å². The molecule has 0 aliphatic rings. The minimum absolute atomic E-state index is 0.144. The Bertz CT molecular complexity index is 433. The highest BCUT2D eigenvalue weighted by atomic mass is 35.5. The molecule has 0 radical (unpaired) electrons. The number of carbonyl (C=O) groups excluding carboxylic acids is 1. The van der Waals surface area contributed by atoms with Gasteiger partial charge in [-0.3, -0.25) is 4.79 Å². The van der Waals surface area contributed by atoms with Gasteiger partial charge in [-0.15, -0.1) is 11.6 Å². The van der Waals surface area contributed by atoms with Gasteiger partial charge < -0.3 is 15.0 Å². The quantitative estimate of drug-likeness (QED) is 0.530. The topological polar surface area (TPSA) is 41.6 Å². The lowest BCUT2D eigenvalue weighted by molar-refractivity contribution is -0.120. The van der Waals surface area contributed by atoms with Crippen molar-refractivity contribution in [1.82, 2.24) is 10.2 Å². The largest absolute Gasteiger partial charge is 0.497 e. The Kier molecular flexibility index (Phi) is 8.94. The molecule has 4 nitrogen and oxygen atoms in total. The summed E-state index contributed by atoms with van der Waals surface area (Å²) in [4.78, 5) is 14.4. The van der Waals surface area contributed by atoms with Crippen LogP contribution in [0.25, 0.3) is 0 Å². The normalized spacial score (nSPS) is 12.2. The number of alkyl halides is 1. The first-order valence-corrected chi connectivity index (χ1v) is 8.34. The SMILES string of the molecule is CCN(CC)CCCCNC(=O)C(Cl)c1ccc(OC)cc1. The van der Waals surface area contributed by atoms with Gasteiger partial charge in [-0.05, 0) is 50.2 Å². The van der Waals surface area contributed by atoms with Gasteiger partial charge in [0.1, 0.15) is 11.1 Å². The first-order chi connectivity index (χ1) is 10.6. The molecule has 1 rings (SSSR count). The number of rotatable bonds is 10. The zero-order valence-electron chi connectivity index (χ0n) is 13.8. The smallest absolute Gasteiger partial charge is 0.242 e. The molecule has 124 valence electrons. The molecule has 0 bridgehead atoms. The second kappa shape index (κ2) is 10.5. The van der Waals surface area contributed by atoms with E-state index in [1.54, 1.807) is 7.11 Å². The number of ether oxygens (including phenoxy) is 1. The van der Waals surface area contributed by atoms with Gasteiger partial charge in [0.15, 0.2) is 0 Å².